The minimum atomic E-state index is -0.368. The topological polar surface area (TPSA) is 43.7 Å². The molecule has 1 saturated carbocycles. The predicted molar refractivity (Wildman–Crippen MR) is 131 cm³/mol. The summed E-state index contributed by atoms with van der Waals surface area (Å²) in [6, 6.07) is 0. The number of rotatable bonds is 14. The smallest absolute Gasteiger partial charge is 0.0723 e. The molecule has 31 heavy (non-hydrogen) atoms. The average molecular weight is 432 g/mol. The highest BCUT2D eigenvalue weighted by Gasteiger charge is 2.43. The summed E-state index contributed by atoms with van der Waals surface area (Å²) in [7, 11) is 0. The van der Waals surface area contributed by atoms with Crippen LogP contribution in [0, 0.1) is 23.7 Å². The fourth-order valence-electron chi connectivity index (χ4n) is 6.26. The highest BCUT2D eigenvalue weighted by molar-refractivity contribution is 5.21. The first-order valence-corrected chi connectivity index (χ1v) is 13.5. The molecule has 3 nitrogen and oxygen atoms in total. The van der Waals surface area contributed by atoms with E-state index < -0.39 is 0 Å². The third kappa shape index (κ3) is 8.02. The Kier molecular flexibility index (Phi) is 10.6. The first kappa shape index (κ1) is 25.0. The molecule has 0 radical (unpaired) electrons. The van der Waals surface area contributed by atoms with Crippen molar-refractivity contribution in [3.8, 4) is 0 Å². The summed E-state index contributed by atoms with van der Waals surface area (Å²) in [6.45, 7) is 8.42. The predicted octanol–water partition coefficient (Wildman–Crippen LogP) is 6.11. The van der Waals surface area contributed by atoms with Crippen LogP contribution in [0.5, 0.6) is 0 Å². The second-order valence-electron chi connectivity index (χ2n) is 10.9. The Morgan fingerprint density at radius 1 is 1.13 bits per heavy atom. The van der Waals surface area contributed by atoms with Gasteiger partial charge >= 0.3 is 0 Å². The zero-order valence-corrected chi connectivity index (χ0v) is 20.4. The number of fused-ring (bicyclic) bond motifs is 1. The Hall–Kier alpha value is -0.640. The van der Waals surface area contributed by atoms with Crippen LogP contribution in [-0.4, -0.2) is 47.0 Å². The second kappa shape index (κ2) is 13.2. The minimum absolute atomic E-state index is 0.222. The Labute approximate surface area is 192 Å². The Morgan fingerprint density at radius 2 is 1.90 bits per heavy atom. The number of nitrogens with zero attached hydrogens (tertiary/aromatic N) is 1. The van der Waals surface area contributed by atoms with Gasteiger partial charge in [-0.1, -0.05) is 69.8 Å². The van der Waals surface area contributed by atoms with Gasteiger partial charge in [-0.05, 0) is 88.8 Å². The van der Waals surface area contributed by atoms with Gasteiger partial charge in [0.1, 0.15) is 0 Å². The quantitative estimate of drug-likeness (QED) is 0.258. The molecule has 3 aliphatic rings. The Balaban J connectivity index is 1.33. The van der Waals surface area contributed by atoms with Gasteiger partial charge in [-0.2, -0.15) is 0 Å². The zero-order chi connectivity index (χ0) is 22.1. The lowest BCUT2D eigenvalue weighted by Crippen LogP contribution is -2.20. The third-order valence-electron chi connectivity index (χ3n) is 8.12. The van der Waals surface area contributed by atoms with E-state index in [9.17, 15) is 10.2 Å². The van der Waals surface area contributed by atoms with E-state index >= 15 is 0 Å². The van der Waals surface area contributed by atoms with Crippen molar-refractivity contribution in [3.05, 3.63) is 23.8 Å². The molecule has 3 rings (SSSR count). The van der Waals surface area contributed by atoms with Crippen LogP contribution < -0.4 is 0 Å². The number of allylic oxidation sites excluding steroid dienone is 2. The number of aliphatic hydroxyl groups excluding tert-OH is 2. The van der Waals surface area contributed by atoms with Crippen molar-refractivity contribution < 1.29 is 10.2 Å². The standard InChI is InChI=1S/C28H49NO2/c1-3-4-11-22(2)18-25(30)13-14-26-27-20-23(19-24(27)21-28(26)31)12-7-5-6-8-15-29-16-9-10-17-29/h13-14,19,22,24-28,30-31H,3-12,15-18,20-21H2,1-2H3/b14-13+/t22-,24-,25+,26+,27-,28+/m0/s1. The number of hydrogen-bond acceptors (Lipinski definition) is 3. The number of hydrogen-bond donors (Lipinski definition) is 2. The first-order chi connectivity index (χ1) is 15.1. The lowest BCUT2D eigenvalue weighted by Gasteiger charge is -2.19. The molecule has 0 spiro atoms. The lowest BCUT2D eigenvalue weighted by atomic mass is 9.88. The highest BCUT2D eigenvalue weighted by Crippen LogP contribution is 2.48. The molecule has 1 aliphatic heterocycles. The van der Waals surface area contributed by atoms with Gasteiger partial charge in [0.05, 0.1) is 12.2 Å². The largest absolute Gasteiger partial charge is 0.392 e. The summed E-state index contributed by atoms with van der Waals surface area (Å²) < 4.78 is 0. The zero-order valence-electron chi connectivity index (χ0n) is 20.4. The maximum absolute atomic E-state index is 10.6. The molecule has 0 aromatic heterocycles. The molecule has 0 unspecified atom stereocenters. The van der Waals surface area contributed by atoms with Crippen LogP contribution in [0.4, 0.5) is 0 Å². The highest BCUT2D eigenvalue weighted by atomic mass is 16.3. The molecule has 2 N–H and O–H groups in total. The lowest BCUT2D eigenvalue weighted by molar-refractivity contribution is 0.139. The van der Waals surface area contributed by atoms with Crippen LogP contribution in [0.15, 0.2) is 23.8 Å². The molecule has 2 aliphatic carbocycles. The van der Waals surface area contributed by atoms with Crippen molar-refractivity contribution in [1.29, 1.82) is 0 Å². The average Bonchev–Trinajstić information content (AvgIpc) is 3.45. The van der Waals surface area contributed by atoms with E-state index in [4.69, 9.17) is 0 Å². The summed E-state index contributed by atoms with van der Waals surface area (Å²) in [5.41, 5.74) is 1.63. The van der Waals surface area contributed by atoms with Gasteiger partial charge in [-0.3, -0.25) is 0 Å². The van der Waals surface area contributed by atoms with Gasteiger partial charge in [0.25, 0.3) is 0 Å². The number of likely N-dealkylation sites (tertiary alicyclic amines) is 1. The van der Waals surface area contributed by atoms with E-state index in [2.05, 4.69) is 30.9 Å². The molecule has 178 valence electrons. The van der Waals surface area contributed by atoms with Crippen molar-refractivity contribution in [2.75, 3.05) is 19.6 Å². The Bertz CT molecular complexity index is 565. The summed E-state index contributed by atoms with van der Waals surface area (Å²) in [4.78, 5) is 2.63. The summed E-state index contributed by atoms with van der Waals surface area (Å²) >= 11 is 0. The van der Waals surface area contributed by atoms with Crippen LogP contribution in [0.3, 0.4) is 0 Å². The Morgan fingerprint density at radius 3 is 2.68 bits per heavy atom. The summed E-state index contributed by atoms with van der Waals surface area (Å²) in [6.07, 6.45) is 22.1. The molecule has 6 atom stereocenters. The molecule has 1 heterocycles. The maximum atomic E-state index is 10.6. The van der Waals surface area contributed by atoms with Gasteiger partial charge in [-0.25, -0.2) is 0 Å². The van der Waals surface area contributed by atoms with Crippen LogP contribution in [0.2, 0.25) is 0 Å². The molecule has 0 amide bonds. The first-order valence-electron chi connectivity index (χ1n) is 13.5. The fraction of sp³-hybridized carbons (Fsp3) is 0.857. The van der Waals surface area contributed by atoms with Crippen LogP contribution in [-0.2, 0) is 0 Å². The maximum Gasteiger partial charge on any atom is 0.0723 e. The van der Waals surface area contributed by atoms with E-state index in [0.29, 0.717) is 17.8 Å². The van der Waals surface area contributed by atoms with Crippen molar-refractivity contribution in [2.24, 2.45) is 23.7 Å². The van der Waals surface area contributed by atoms with Crippen LogP contribution >= 0.6 is 0 Å². The van der Waals surface area contributed by atoms with E-state index in [0.717, 1.165) is 19.3 Å². The van der Waals surface area contributed by atoms with Gasteiger partial charge in [0.15, 0.2) is 0 Å². The van der Waals surface area contributed by atoms with Gasteiger partial charge < -0.3 is 15.1 Å². The molecule has 0 bridgehead atoms. The number of aliphatic hydroxyl groups is 2. The third-order valence-corrected chi connectivity index (χ3v) is 8.12. The van der Waals surface area contributed by atoms with Crippen molar-refractivity contribution in [2.45, 2.75) is 110 Å². The molecular formula is C28H49NO2. The molecule has 0 aromatic rings. The second-order valence-corrected chi connectivity index (χ2v) is 10.9. The SMILES string of the molecule is CCCC[C@H](C)C[C@H](O)/C=C/[C@@H]1[C@H]2CC(CCCCCCN3CCCC3)=C[C@H]2C[C@H]1O. The molecular weight excluding hydrogens is 382 g/mol. The monoisotopic (exact) mass is 431 g/mol. The van der Waals surface area contributed by atoms with E-state index in [1.807, 2.05) is 6.08 Å². The molecule has 3 heteroatoms. The van der Waals surface area contributed by atoms with E-state index in [-0.39, 0.29) is 18.1 Å². The fourth-order valence-corrected chi connectivity index (χ4v) is 6.26. The van der Waals surface area contributed by atoms with Gasteiger partial charge in [-0.15, -0.1) is 0 Å². The number of unbranched alkanes of at least 4 members (excludes halogenated alkanes) is 4. The van der Waals surface area contributed by atoms with E-state index in [1.165, 1.54) is 83.8 Å². The van der Waals surface area contributed by atoms with Crippen molar-refractivity contribution >= 4 is 0 Å². The van der Waals surface area contributed by atoms with Crippen LogP contribution in [0.25, 0.3) is 0 Å². The van der Waals surface area contributed by atoms with Crippen molar-refractivity contribution in [1.82, 2.24) is 4.90 Å². The van der Waals surface area contributed by atoms with Gasteiger partial charge in [0.2, 0.25) is 0 Å². The van der Waals surface area contributed by atoms with Crippen LogP contribution in [0.1, 0.15) is 97.3 Å². The van der Waals surface area contributed by atoms with Crippen molar-refractivity contribution in [3.63, 3.8) is 0 Å². The summed E-state index contributed by atoms with van der Waals surface area (Å²) in [5, 5.41) is 21.0. The normalized spacial score (nSPS) is 30.8. The molecule has 2 fully saturated rings. The van der Waals surface area contributed by atoms with E-state index in [1.54, 1.807) is 5.57 Å². The van der Waals surface area contributed by atoms with Gasteiger partial charge in [0, 0.05) is 5.92 Å². The molecule has 1 saturated heterocycles. The summed E-state index contributed by atoms with van der Waals surface area (Å²) in [5.74, 6) is 1.90. The minimum Gasteiger partial charge on any atom is -0.392 e. The molecule has 0 aromatic carbocycles.